The minimum absolute atomic E-state index is 0.220. The summed E-state index contributed by atoms with van der Waals surface area (Å²) in [6.45, 7) is 2.97. The highest BCUT2D eigenvalue weighted by Crippen LogP contribution is 2.32. The molecule has 0 spiro atoms. The predicted octanol–water partition coefficient (Wildman–Crippen LogP) is 4.04. The molecule has 7 heteroatoms. The van der Waals surface area contributed by atoms with Crippen LogP contribution in [-0.4, -0.2) is 31.2 Å². The quantitative estimate of drug-likeness (QED) is 0.696. The molecule has 124 valence electrons. The van der Waals surface area contributed by atoms with Gasteiger partial charge >= 0.3 is 0 Å². The smallest absolute Gasteiger partial charge is 0.186 e. The van der Waals surface area contributed by atoms with Gasteiger partial charge in [-0.1, -0.05) is 11.3 Å². The van der Waals surface area contributed by atoms with Crippen LogP contribution in [0.1, 0.15) is 0 Å². The molecular formula is C17H14F3N3S. The lowest BCUT2D eigenvalue weighted by Gasteiger charge is -2.35. The summed E-state index contributed by atoms with van der Waals surface area (Å²) in [6.07, 6.45) is 0. The van der Waals surface area contributed by atoms with E-state index >= 15 is 0 Å². The third-order valence-corrected chi connectivity index (χ3v) is 5.21. The summed E-state index contributed by atoms with van der Waals surface area (Å²) in [7, 11) is 0. The standard InChI is InChI=1S/C17H14F3N3S/c18-11-1-3-13(4-2-11)22-5-7-23(8-6-22)17-21-16-14(20)9-12(19)10-15(16)24-17/h1-4,9-10H,5-8H2. The lowest BCUT2D eigenvalue weighted by molar-refractivity contribution is 0.591. The average molecular weight is 349 g/mol. The Labute approximate surface area is 141 Å². The van der Waals surface area contributed by atoms with E-state index in [9.17, 15) is 13.2 Å². The Hall–Kier alpha value is -2.28. The van der Waals surface area contributed by atoms with Gasteiger partial charge in [0.1, 0.15) is 17.2 Å². The van der Waals surface area contributed by atoms with E-state index in [2.05, 4.69) is 14.8 Å². The summed E-state index contributed by atoms with van der Waals surface area (Å²) in [4.78, 5) is 8.56. The van der Waals surface area contributed by atoms with Gasteiger partial charge in [-0.05, 0) is 30.3 Å². The molecule has 2 heterocycles. The number of benzene rings is 2. The van der Waals surface area contributed by atoms with Crippen molar-refractivity contribution in [3.63, 3.8) is 0 Å². The van der Waals surface area contributed by atoms with E-state index in [1.165, 1.54) is 29.5 Å². The molecule has 1 aliphatic rings. The molecular weight excluding hydrogens is 335 g/mol. The number of hydrogen-bond acceptors (Lipinski definition) is 4. The van der Waals surface area contributed by atoms with E-state index in [0.717, 1.165) is 37.9 Å². The summed E-state index contributed by atoms with van der Waals surface area (Å²) in [5.74, 6) is -1.46. The van der Waals surface area contributed by atoms with Gasteiger partial charge in [-0.15, -0.1) is 0 Å². The van der Waals surface area contributed by atoms with Gasteiger partial charge in [-0.25, -0.2) is 18.2 Å². The number of hydrogen-bond donors (Lipinski definition) is 0. The molecule has 2 aromatic carbocycles. The molecule has 24 heavy (non-hydrogen) atoms. The molecule has 3 aromatic rings. The van der Waals surface area contributed by atoms with Gasteiger partial charge in [-0.3, -0.25) is 0 Å². The molecule has 3 nitrogen and oxygen atoms in total. The van der Waals surface area contributed by atoms with Gasteiger partial charge in [0.2, 0.25) is 0 Å². The Balaban J connectivity index is 1.51. The predicted molar refractivity (Wildman–Crippen MR) is 90.4 cm³/mol. The van der Waals surface area contributed by atoms with Gasteiger partial charge < -0.3 is 9.80 Å². The summed E-state index contributed by atoms with van der Waals surface area (Å²) in [6, 6.07) is 8.60. The van der Waals surface area contributed by atoms with Gasteiger partial charge in [0.25, 0.3) is 0 Å². The molecule has 4 rings (SSSR count). The van der Waals surface area contributed by atoms with Crippen molar-refractivity contribution < 1.29 is 13.2 Å². The molecule has 1 aliphatic heterocycles. The minimum atomic E-state index is -0.627. The maximum absolute atomic E-state index is 13.8. The lowest BCUT2D eigenvalue weighted by atomic mass is 10.2. The number of aromatic nitrogens is 1. The molecule has 1 fully saturated rings. The van der Waals surface area contributed by atoms with Crippen molar-refractivity contribution in [3.05, 3.63) is 53.8 Å². The fourth-order valence-corrected chi connectivity index (χ4v) is 3.95. The number of fused-ring (bicyclic) bond motifs is 1. The van der Waals surface area contributed by atoms with E-state index in [4.69, 9.17) is 0 Å². The second kappa shape index (κ2) is 5.98. The third-order valence-electron chi connectivity index (χ3n) is 4.14. The SMILES string of the molecule is Fc1ccc(N2CCN(c3nc4c(F)cc(F)cc4s3)CC2)cc1. The van der Waals surface area contributed by atoms with Gasteiger partial charge in [0.05, 0.1) is 4.70 Å². The number of piperazine rings is 1. The summed E-state index contributed by atoms with van der Waals surface area (Å²) >= 11 is 1.30. The molecule has 0 unspecified atom stereocenters. The van der Waals surface area contributed by atoms with Gasteiger partial charge in [-0.2, -0.15) is 0 Å². The number of anilines is 2. The molecule has 0 aliphatic carbocycles. The van der Waals surface area contributed by atoms with E-state index < -0.39 is 11.6 Å². The molecule has 1 aromatic heterocycles. The van der Waals surface area contributed by atoms with E-state index in [1.807, 2.05) is 0 Å². The highest BCUT2D eigenvalue weighted by molar-refractivity contribution is 7.22. The second-order valence-corrected chi connectivity index (χ2v) is 6.69. The van der Waals surface area contributed by atoms with Crippen molar-refractivity contribution >= 4 is 32.4 Å². The van der Waals surface area contributed by atoms with Crippen LogP contribution in [0.5, 0.6) is 0 Å². The highest BCUT2D eigenvalue weighted by Gasteiger charge is 2.21. The average Bonchev–Trinajstić information content (AvgIpc) is 3.00. The normalized spacial score (nSPS) is 15.3. The number of rotatable bonds is 2. The Morgan fingerprint density at radius 2 is 1.50 bits per heavy atom. The van der Waals surface area contributed by atoms with Crippen LogP contribution >= 0.6 is 11.3 Å². The van der Waals surface area contributed by atoms with E-state index in [-0.39, 0.29) is 11.3 Å². The third kappa shape index (κ3) is 2.80. The first-order chi connectivity index (χ1) is 11.6. The Bertz CT molecular complexity index is 871. The van der Waals surface area contributed by atoms with Crippen LogP contribution in [0, 0.1) is 17.5 Å². The van der Waals surface area contributed by atoms with E-state index in [1.54, 1.807) is 12.1 Å². The van der Waals surface area contributed by atoms with Crippen molar-refractivity contribution in [2.24, 2.45) is 0 Å². The summed E-state index contributed by atoms with van der Waals surface area (Å²) < 4.78 is 40.6. The molecule has 0 N–H and O–H groups in total. The van der Waals surface area contributed by atoms with Crippen LogP contribution in [0.4, 0.5) is 24.0 Å². The van der Waals surface area contributed by atoms with Crippen molar-refractivity contribution in [1.82, 2.24) is 4.98 Å². The van der Waals surface area contributed by atoms with Crippen LogP contribution in [0.2, 0.25) is 0 Å². The second-order valence-electron chi connectivity index (χ2n) is 5.68. The van der Waals surface area contributed by atoms with Crippen LogP contribution in [0.25, 0.3) is 10.2 Å². The van der Waals surface area contributed by atoms with Crippen molar-refractivity contribution in [2.75, 3.05) is 36.0 Å². The zero-order valence-electron chi connectivity index (χ0n) is 12.7. The van der Waals surface area contributed by atoms with Crippen LogP contribution in [0.3, 0.4) is 0 Å². The zero-order valence-corrected chi connectivity index (χ0v) is 13.5. The Kier molecular flexibility index (Phi) is 3.80. The molecule has 0 saturated carbocycles. The van der Waals surface area contributed by atoms with Crippen molar-refractivity contribution in [1.29, 1.82) is 0 Å². The zero-order chi connectivity index (χ0) is 16.7. The molecule has 0 atom stereocenters. The van der Waals surface area contributed by atoms with E-state index in [0.29, 0.717) is 9.83 Å². The first-order valence-electron chi connectivity index (χ1n) is 7.61. The number of nitrogens with zero attached hydrogens (tertiary/aromatic N) is 3. The molecule has 0 amide bonds. The van der Waals surface area contributed by atoms with Crippen LogP contribution in [0.15, 0.2) is 36.4 Å². The summed E-state index contributed by atoms with van der Waals surface area (Å²) in [5.41, 5.74) is 1.20. The monoisotopic (exact) mass is 349 g/mol. The number of thiazole rings is 1. The fraction of sp³-hybridized carbons (Fsp3) is 0.235. The summed E-state index contributed by atoms with van der Waals surface area (Å²) in [5, 5.41) is 0.702. The topological polar surface area (TPSA) is 19.4 Å². The molecule has 1 saturated heterocycles. The van der Waals surface area contributed by atoms with Crippen molar-refractivity contribution in [3.8, 4) is 0 Å². The lowest BCUT2D eigenvalue weighted by Crippen LogP contribution is -2.46. The van der Waals surface area contributed by atoms with Crippen molar-refractivity contribution in [2.45, 2.75) is 0 Å². The maximum Gasteiger partial charge on any atom is 0.186 e. The van der Waals surface area contributed by atoms with Crippen LogP contribution in [-0.2, 0) is 0 Å². The molecule has 0 bridgehead atoms. The van der Waals surface area contributed by atoms with Gasteiger partial charge in [0, 0.05) is 37.9 Å². The maximum atomic E-state index is 13.8. The van der Waals surface area contributed by atoms with Crippen LogP contribution < -0.4 is 9.80 Å². The largest absolute Gasteiger partial charge is 0.368 e. The highest BCUT2D eigenvalue weighted by atomic mass is 32.1. The Morgan fingerprint density at radius 3 is 2.21 bits per heavy atom. The first kappa shape index (κ1) is 15.3. The first-order valence-corrected chi connectivity index (χ1v) is 8.43. The molecule has 0 radical (unpaired) electrons. The Morgan fingerprint density at radius 1 is 0.833 bits per heavy atom. The van der Waals surface area contributed by atoms with Gasteiger partial charge in [0.15, 0.2) is 10.9 Å². The minimum Gasteiger partial charge on any atom is -0.368 e. The number of halogens is 3. The fourth-order valence-electron chi connectivity index (χ4n) is 2.89.